The van der Waals surface area contributed by atoms with Crippen molar-refractivity contribution >= 4 is 23.1 Å². The van der Waals surface area contributed by atoms with Gasteiger partial charge in [-0.15, -0.1) is 0 Å². The Morgan fingerprint density at radius 2 is 1.65 bits per heavy atom. The lowest BCUT2D eigenvalue weighted by molar-refractivity contribution is -0.120. The van der Waals surface area contributed by atoms with Gasteiger partial charge in [0, 0.05) is 25.5 Å². The minimum atomic E-state index is -0.352. The highest BCUT2D eigenvalue weighted by Crippen LogP contribution is 2.35. The first-order valence-corrected chi connectivity index (χ1v) is 11.3. The van der Waals surface area contributed by atoms with Gasteiger partial charge in [0.25, 0.3) is 11.8 Å². The number of likely N-dealkylation sites (N-methyl/N-ethyl adjacent to an activating group) is 1. The number of anilines is 1. The van der Waals surface area contributed by atoms with Crippen LogP contribution in [0, 0.1) is 25.2 Å². The molecule has 1 aliphatic rings. The molecule has 0 radical (unpaired) electrons. The molecule has 0 bridgehead atoms. The average molecular weight is 451 g/mol. The summed E-state index contributed by atoms with van der Waals surface area (Å²) in [6.45, 7) is 7.17. The van der Waals surface area contributed by atoms with Crippen LogP contribution in [0.1, 0.15) is 34.7 Å². The van der Waals surface area contributed by atoms with Crippen molar-refractivity contribution in [2.75, 3.05) is 18.0 Å². The molecule has 2 heterocycles. The fourth-order valence-corrected chi connectivity index (χ4v) is 4.13. The van der Waals surface area contributed by atoms with E-state index in [1.54, 1.807) is 36.7 Å². The van der Waals surface area contributed by atoms with E-state index >= 15 is 0 Å². The zero-order valence-electron chi connectivity index (χ0n) is 19.6. The number of carbonyl (C=O) groups is 2. The van der Waals surface area contributed by atoms with E-state index in [1.165, 1.54) is 4.90 Å². The molecule has 0 unspecified atom stereocenters. The minimum absolute atomic E-state index is 0.348. The summed E-state index contributed by atoms with van der Waals surface area (Å²) in [5.41, 5.74) is 5.77. The number of hydrogen-bond donors (Lipinski definition) is 0. The van der Waals surface area contributed by atoms with Crippen LogP contribution in [0.25, 0.3) is 5.57 Å². The molecule has 0 saturated carbocycles. The molecular weight excluding hydrogens is 424 g/mol. The predicted molar refractivity (Wildman–Crippen MR) is 132 cm³/mol. The van der Waals surface area contributed by atoms with E-state index < -0.39 is 0 Å². The lowest BCUT2D eigenvalue weighted by Crippen LogP contribution is -2.36. The summed E-state index contributed by atoms with van der Waals surface area (Å²) in [5.74, 6) is -0.699. The number of aromatic nitrogens is 1. The van der Waals surface area contributed by atoms with E-state index in [0.717, 1.165) is 28.7 Å². The van der Waals surface area contributed by atoms with Gasteiger partial charge in [-0.05, 0) is 85.8 Å². The second-order valence-electron chi connectivity index (χ2n) is 8.31. The number of amides is 2. The highest BCUT2D eigenvalue weighted by molar-refractivity contribution is 6.45. The van der Waals surface area contributed by atoms with Crippen molar-refractivity contribution in [2.24, 2.45) is 0 Å². The van der Waals surface area contributed by atoms with Gasteiger partial charge in [-0.2, -0.15) is 5.26 Å². The number of nitrogens with zero attached hydrogens (tertiary/aromatic N) is 4. The SMILES string of the molecule is CCN(CCc1ccncc1)C1=C(c2ccc(C)c(C)c2)C(=O)N(c2ccc(C#N)cc2)C1=O. The van der Waals surface area contributed by atoms with Crippen LogP contribution in [0.3, 0.4) is 0 Å². The summed E-state index contributed by atoms with van der Waals surface area (Å²) in [5, 5.41) is 9.12. The Morgan fingerprint density at radius 1 is 0.941 bits per heavy atom. The Hall–Kier alpha value is -4.24. The van der Waals surface area contributed by atoms with Crippen LogP contribution in [0.15, 0.2) is 72.7 Å². The Bertz CT molecular complexity index is 1300. The van der Waals surface area contributed by atoms with Crippen molar-refractivity contribution in [1.29, 1.82) is 5.26 Å². The summed E-state index contributed by atoms with van der Waals surface area (Å²) in [7, 11) is 0. The van der Waals surface area contributed by atoms with Crippen LogP contribution in [0.4, 0.5) is 5.69 Å². The molecule has 6 heteroatoms. The quantitative estimate of drug-likeness (QED) is 0.498. The number of hydrogen-bond acceptors (Lipinski definition) is 5. The van der Waals surface area contributed by atoms with Crippen molar-refractivity contribution < 1.29 is 9.59 Å². The van der Waals surface area contributed by atoms with E-state index in [4.69, 9.17) is 5.26 Å². The van der Waals surface area contributed by atoms with Crippen LogP contribution >= 0.6 is 0 Å². The van der Waals surface area contributed by atoms with E-state index in [1.807, 2.05) is 56.0 Å². The van der Waals surface area contributed by atoms with Crippen LogP contribution in [-0.4, -0.2) is 34.8 Å². The molecular formula is C28H26N4O2. The van der Waals surface area contributed by atoms with Crippen LogP contribution in [-0.2, 0) is 16.0 Å². The van der Waals surface area contributed by atoms with Gasteiger partial charge in [0.2, 0.25) is 0 Å². The molecule has 6 nitrogen and oxygen atoms in total. The molecule has 0 spiro atoms. The monoisotopic (exact) mass is 450 g/mol. The lowest BCUT2D eigenvalue weighted by atomic mass is 9.99. The van der Waals surface area contributed by atoms with Gasteiger partial charge in [0.05, 0.1) is 22.9 Å². The van der Waals surface area contributed by atoms with Gasteiger partial charge in [0.1, 0.15) is 5.70 Å². The predicted octanol–water partition coefficient (Wildman–Crippen LogP) is 4.42. The average Bonchev–Trinajstić information content (AvgIpc) is 3.12. The summed E-state index contributed by atoms with van der Waals surface area (Å²) in [6, 6.07) is 18.3. The van der Waals surface area contributed by atoms with Crippen LogP contribution < -0.4 is 4.90 Å². The first-order chi connectivity index (χ1) is 16.4. The molecule has 2 amide bonds. The largest absolute Gasteiger partial charge is 0.366 e. The molecule has 2 aromatic carbocycles. The van der Waals surface area contributed by atoms with Gasteiger partial charge in [-0.3, -0.25) is 14.6 Å². The fraction of sp³-hybridized carbons (Fsp3) is 0.214. The first-order valence-electron chi connectivity index (χ1n) is 11.3. The third kappa shape index (κ3) is 4.33. The van der Waals surface area contributed by atoms with Gasteiger partial charge in [0.15, 0.2) is 0 Å². The number of carbonyl (C=O) groups excluding carboxylic acids is 2. The standard InChI is InChI=1S/C28H26N4O2/c1-4-31(16-13-21-11-14-30-15-12-21)26-25(23-8-5-19(2)20(3)17-23)27(33)32(28(26)34)24-9-6-22(18-29)7-10-24/h5-12,14-15,17H,4,13,16H2,1-3H3. The molecule has 34 heavy (non-hydrogen) atoms. The molecule has 4 rings (SSSR count). The highest BCUT2D eigenvalue weighted by atomic mass is 16.2. The zero-order valence-corrected chi connectivity index (χ0v) is 19.6. The maximum atomic E-state index is 13.7. The van der Waals surface area contributed by atoms with Crippen molar-refractivity contribution in [3.63, 3.8) is 0 Å². The number of pyridine rings is 1. The fourth-order valence-electron chi connectivity index (χ4n) is 4.13. The highest BCUT2D eigenvalue weighted by Gasteiger charge is 2.42. The number of imide groups is 1. The van der Waals surface area contributed by atoms with Crippen LogP contribution in [0.2, 0.25) is 0 Å². The molecule has 0 fully saturated rings. The summed E-state index contributed by atoms with van der Waals surface area (Å²) < 4.78 is 0. The van der Waals surface area contributed by atoms with Gasteiger partial charge in [-0.1, -0.05) is 18.2 Å². The number of nitriles is 1. The summed E-state index contributed by atoms with van der Waals surface area (Å²) in [6.07, 6.45) is 4.23. The molecule has 0 atom stereocenters. The lowest BCUT2D eigenvalue weighted by Gasteiger charge is -2.25. The summed E-state index contributed by atoms with van der Waals surface area (Å²) in [4.78, 5) is 34.7. The first kappa shape index (κ1) is 22.9. The third-order valence-corrected chi connectivity index (χ3v) is 6.23. The second-order valence-corrected chi connectivity index (χ2v) is 8.31. The maximum Gasteiger partial charge on any atom is 0.282 e. The molecule has 0 aliphatic carbocycles. The number of rotatable bonds is 7. The van der Waals surface area contributed by atoms with Gasteiger partial charge >= 0.3 is 0 Å². The second kappa shape index (κ2) is 9.72. The molecule has 170 valence electrons. The van der Waals surface area contributed by atoms with Crippen molar-refractivity contribution in [2.45, 2.75) is 27.2 Å². The van der Waals surface area contributed by atoms with Crippen molar-refractivity contribution in [3.05, 3.63) is 101 Å². The molecule has 1 aromatic heterocycles. The minimum Gasteiger partial charge on any atom is -0.366 e. The topological polar surface area (TPSA) is 77.3 Å². The van der Waals surface area contributed by atoms with E-state index in [2.05, 4.69) is 11.1 Å². The molecule has 1 aliphatic heterocycles. The molecule has 3 aromatic rings. The van der Waals surface area contributed by atoms with Crippen LogP contribution in [0.5, 0.6) is 0 Å². The van der Waals surface area contributed by atoms with E-state index in [0.29, 0.717) is 35.6 Å². The Kier molecular flexibility index (Phi) is 6.55. The van der Waals surface area contributed by atoms with E-state index in [-0.39, 0.29) is 11.8 Å². The zero-order chi connectivity index (χ0) is 24.2. The number of benzene rings is 2. The van der Waals surface area contributed by atoms with Gasteiger partial charge in [-0.25, -0.2) is 4.90 Å². The Morgan fingerprint density at radius 3 is 2.26 bits per heavy atom. The Labute approximate surface area is 199 Å². The smallest absolute Gasteiger partial charge is 0.282 e. The molecule has 0 N–H and O–H groups in total. The van der Waals surface area contributed by atoms with Gasteiger partial charge < -0.3 is 4.90 Å². The molecule has 0 saturated heterocycles. The van der Waals surface area contributed by atoms with Crippen molar-refractivity contribution in [3.8, 4) is 6.07 Å². The maximum absolute atomic E-state index is 13.7. The van der Waals surface area contributed by atoms with Crippen molar-refractivity contribution in [1.82, 2.24) is 9.88 Å². The summed E-state index contributed by atoms with van der Waals surface area (Å²) >= 11 is 0. The van der Waals surface area contributed by atoms with E-state index in [9.17, 15) is 9.59 Å². The number of aryl methyl sites for hydroxylation is 2. The normalized spacial score (nSPS) is 13.4. The Balaban J connectivity index is 1.78. The third-order valence-electron chi connectivity index (χ3n) is 6.23.